The van der Waals surface area contributed by atoms with E-state index in [0.29, 0.717) is 17.9 Å². The van der Waals surface area contributed by atoms with Gasteiger partial charge in [0.25, 0.3) is 0 Å². The normalized spacial score (nSPS) is 16.1. The molecule has 0 saturated carbocycles. The highest BCUT2D eigenvalue weighted by Crippen LogP contribution is 2.15. The number of guanidine groups is 1. The zero-order chi connectivity index (χ0) is 18.2. The van der Waals surface area contributed by atoms with Crippen molar-refractivity contribution in [2.75, 3.05) is 44.7 Å². The number of carbonyl (C=O) groups excluding carboxylic acids is 1. The smallest absolute Gasteiger partial charge is 0.242 e. The van der Waals surface area contributed by atoms with Crippen molar-refractivity contribution in [3.8, 4) is 0 Å². The van der Waals surface area contributed by atoms with E-state index in [1.165, 1.54) is 5.69 Å². The lowest BCUT2D eigenvalue weighted by Gasteiger charge is -2.36. The number of hydrogen-bond acceptors (Lipinski definition) is 3. The predicted octanol–water partition coefficient (Wildman–Crippen LogP) is 2.16. The fraction of sp³-hybridized carbons (Fsp3) is 0.579. The first-order valence-electron chi connectivity index (χ1n) is 9.06. The van der Waals surface area contributed by atoms with Gasteiger partial charge in [-0.1, -0.05) is 32.0 Å². The van der Waals surface area contributed by atoms with Gasteiger partial charge in [0, 0.05) is 45.0 Å². The summed E-state index contributed by atoms with van der Waals surface area (Å²) in [5.41, 5.74) is 1.22. The third-order valence-electron chi connectivity index (χ3n) is 4.75. The summed E-state index contributed by atoms with van der Waals surface area (Å²) in [6.07, 6.45) is 0. The summed E-state index contributed by atoms with van der Waals surface area (Å²) in [7, 11) is 1.73. The molecule has 1 aromatic rings. The molecule has 1 heterocycles. The van der Waals surface area contributed by atoms with Crippen LogP contribution < -0.4 is 15.5 Å². The largest absolute Gasteiger partial charge is 0.368 e. The second-order valence-electron chi connectivity index (χ2n) is 6.81. The van der Waals surface area contributed by atoms with E-state index in [2.05, 4.69) is 53.4 Å². The van der Waals surface area contributed by atoms with Crippen molar-refractivity contribution in [3.63, 3.8) is 0 Å². The SMILES string of the molecule is CN=C(NCC(=O)N1CCN(c2ccccc2)CC1)NC(C)C(C)C.I. The van der Waals surface area contributed by atoms with Crippen molar-refractivity contribution in [2.24, 2.45) is 10.9 Å². The number of benzene rings is 1. The molecule has 2 rings (SSSR count). The molecule has 2 N–H and O–H groups in total. The highest BCUT2D eigenvalue weighted by atomic mass is 127. The first-order chi connectivity index (χ1) is 12.0. The second-order valence-corrected chi connectivity index (χ2v) is 6.81. The van der Waals surface area contributed by atoms with E-state index in [1.54, 1.807) is 7.05 Å². The van der Waals surface area contributed by atoms with Crippen LogP contribution in [-0.2, 0) is 4.79 Å². The van der Waals surface area contributed by atoms with Gasteiger partial charge < -0.3 is 20.4 Å². The Balaban J connectivity index is 0.00000338. The molecule has 0 aliphatic carbocycles. The van der Waals surface area contributed by atoms with Crippen LogP contribution in [0.5, 0.6) is 0 Å². The summed E-state index contributed by atoms with van der Waals surface area (Å²) in [6.45, 7) is 9.94. The van der Waals surface area contributed by atoms with E-state index in [4.69, 9.17) is 0 Å². The Hall–Kier alpha value is -1.51. The molecule has 6 nitrogen and oxygen atoms in total. The monoisotopic (exact) mass is 473 g/mol. The number of anilines is 1. The van der Waals surface area contributed by atoms with Gasteiger partial charge in [0.05, 0.1) is 6.54 Å². The minimum atomic E-state index is 0. The zero-order valence-electron chi connectivity index (χ0n) is 16.2. The van der Waals surface area contributed by atoms with Crippen molar-refractivity contribution < 1.29 is 4.79 Å². The Labute approximate surface area is 174 Å². The molecule has 1 atom stereocenters. The van der Waals surface area contributed by atoms with Crippen LogP contribution in [0.25, 0.3) is 0 Å². The summed E-state index contributed by atoms with van der Waals surface area (Å²) in [6, 6.07) is 10.7. The van der Waals surface area contributed by atoms with Crippen LogP contribution in [0.15, 0.2) is 35.3 Å². The van der Waals surface area contributed by atoms with Crippen molar-refractivity contribution in [2.45, 2.75) is 26.8 Å². The molecule has 1 fully saturated rings. The minimum absolute atomic E-state index is 0. The van der Waals surface area contributed by atoms with Gasteiger partial charge in [-0.3, -0.25) is 9.79 Å². The number of hydrogen-bond donors (Lipinski definition) is 2. The lowest BCUT2D eigenvalue weighted by molar-refractivity contribution is -0.130. The molecule has 1 unspecified atom stereocenters. The van der Waals surface area contributed by atoms with E-state index >= 15 is 0 Å². The second kappa shape index (κ2) is 11.3. The average Bonchev–Trinajstić information content (AvgIpc) is 2.65. The van der Waals surface area contributed by atoms with E-state index in [0.717, 1.165) is 26.2 Å². The molecule has 26 heavy (non-hydrogen) atoms. The van der Waals surface area contributed by atoms with Crippen LogP contribution in [0.2, 0.25) is 0 Å². The highest BCUT2D eigenvalue weighted by Gasteiger charge is 2.21. The molecule has 0 aromatic heterocycles. The Morgan fingerprint density at radius 2 is 1.73 bits per heavy atom. The molecule has 0 bridgehead atoms. The fourth-order valence-corrected chi connectivity index (χ4v) is 2.70. The Morgan fingerprint density at radius 1 is 1.12 bits per heavy atom. The summed E-state index contributed by atoms with van der Waals surface area (Å²) >= 11 is 0. The number of nitrogens with one attached hydrogen (secondary N) is 2. The summed E-state index contributed by atoms with van der Waals surface area (Å²) in [5, 5.41) is 6.44. The Morgan fingerprint density at radius 3 is 2.27 bits per heavy atom. The standard InChI is InChI=1S/C19H31N5O.HI/c1-15(2)16(3)22-19(20-4)21-14-18(25)24-12-10-23(11-13-24)17-8-6-5-7-9-17;/h5-9,15-16H,10-14H2,1-4H3,(H2,20,21,22);1H. The van der Waals surface area contributed by atoms with Crippen LogP contribution in [0.3, 0.4) is 0 Å². The van der Waals surface area contributed by atoms with Crippen LogP contribution in [0, 0.1) is 5.92 Å². The molecule has 146 valence electrons. The number of piperazine rings is 1. The molecule has 1 saturated heterocycles. The summed E-state index contributed by atoms with van der Waals surface area (Å²) in [5.74, 6) is 1.30. The van der Waals surface area contributed by atoms with Crippen molar-refractivity contribution in [3.05, 3.63) is 30.3 Å². The molecule has 1 amide bonds. The van der Waals surface area contributed by atoms with E-state index < -0.39 is 0 Å². The summed E-state index contributed by atoms with van der Waals surface area (Å²) in [4.78, 5) is 20.9. The van der Waals surface area contributed by atoms with Gasteiger partial charge in [-0.15, -0.1) is 24.0 Å². The van der Waals surface area contributed by atoms with E-state index in [-0.39, 0.29) is 36.4 Å². The van der Waals surface area contributed by atoms with Gasteiger partial charge in [0.1, 0.15) is 0 Å². The van der Waals surface area contributed by atoms with Gasteiger partial charge in [0.15, 0.2) is 5.96 Å². The van der Waals surface area contributed by atoms with Gasteiger partial charge in [-0.25, -0.2) is 0 Å². The van der Waals surface area contributed by atoms with Gasteiger partial charge in [-0.2, -0.15) is 0 Å². The number of amides is 1. The topological polar surface area (TPSA) is 60.0 Å². The molecular formula is C19H32IN5O. The maximum absolute atomic E-state index is 12.4. The van der Waals surface area contributed by atoms with Crippen molar-refractivity contribution >= 4 is 41.5 Å². The third-order valence-corrected chi connectivity index (χ3v) is 4.75. The number of para-hydroxylation sites is 1. The fourth-order valence-electron chi connectivity index (χ4n) is 2.70. The first-order valence-corrected chi connectivity index (χ1v) is 9.06. The van der Waals surface area contributed by atoms with Crippen LogP contribution >= 0.6 is 24.0 Å². The first kappa shape index (κ1) is 22.5. The molecule has 1 aromatic carbocycles. The number of nitrogens with zero attached hydrogens (tertiary/aromatic N) is 3. The quantitative estimate of drug-likeness (QED) is 0.391. The lowest BCUT2D eigenvalue weighted by atomic mass is 10.1. The van der Waals surface area contributed by atoms with Gasteiger partial charge in [-0.05, 0) is 25.0 Å². The van der Waals surface area contributed by atoms with Crippen LogP contribution in [-0.4, -0.2) is 62.6 Å². The van der Waals surface area contributed by atoms with Crippen LogP contribution in [0.4, 0.5) is 5.69 Å². The number of carbonyl (C=O) groups is 1. The summed E-state index contributed by atoms with van der Waals surface area (Å²) < 4.78 is 0. The lowest BCUT2D eigenvalue weighted by Crippen LogP contribution is -2.53. The van der Waals surface area contributed by atoms with Crippen molar-refractivity contribution in [1.29, 1.82) is 0 Å². The molecular weight excluding hydrogens is 441 g/mol. The maximum atomic E-state index is 12.4. The van der Waals surface area contributed by atoms with Gasteiger partial charge in [0.2, 0.25) is 5.91 Å². The Kier molecular flexibility index (Phi) is 9.75. The highest BCUT2D eigenvalue weighted by molar-refractivity contribution is 14.0. The van der Waals surface area contributed by atoms with Crippen molar-refractivity contribution in [1.82, 2.24) is 15.5 Å². The van der Waals surface area contributed by atoms with E-state index in [9.17, 15) is 4.79 Å². The maximum Gasteiger partial charge on any atom is 0.242 e. The van der Waals surface area contributed by atoms with E-state index in [1.807, 2.05) is 23.1 Å². The predicted molar refractivity (Wildman–Crippen MR) is 119 cm³/mol. The number of halogens is 1. The minimum Gasteiger partial charge on any atom is -0.368 e. The van der Waals surface area contributed by atoms with Crippen LogP contribution in [0.1, 0.15) is 20.8 Å². The molecule has 1 aliphatic rings. The zero-order valence-corrected chi connectivity index (χ0v) is 18.6. The molecule has 7 heteroatoms. The Bertz CT molecular complexity index is 571. The number of aliphatic imine (C=N–C) groups is 1. The molecule has 0 spiro atoms. The molecule has 1 aliphatic heterocycles. The average molecular weight is 473 g/mol. The number of rotatable bonds is 5. The third kappa shape index (κ3) is 6.66. The molecule has 0 radical (unpaired) electrons. The van der Waals surface area contributed by atoms with Gasteiger partial charge >= 0.3 is 0 Å².